The van der Waals surface area contributed by atoms with Crippen LogP contribution in [0.15, 0.2) is 0 Å². The Morgan fingerprint density at radius 3 is 2.15 bits per heavy atom. The molecule has 0 amide bonds. The molecule has 2 atom stereocenters. The van der Waals surface area contributed by atoms with Gasteiger partial charge in [-0.25, -0.2) is 4.39 Å². The van der Waals surface area contributed by atoms with Gasteiger partial charge in [-0.1, -0.05) is 0 Å². The molecule has 1 heterocycles. The Hall–Kier alpha value is -0.110. The predicted octanol–water partition coefficient (Wildman–Crippen LogP) is 2.30. The third-order valence-electron chi connectivity index (χ3n) is 4.97. The highest BCUT2D eigenvalue weighted by Crippen LogP contribution is 2.66. The van der Waals surface area contributed by atoms with Gasteiger partial charge < -0.3 is 4.74 Å². The molecule has 72 valence electrons. The van der Waals surface area contributed by atoms with Gasteiger partial charge in [-0.3, -0.25) is 0 Å². The van der Waals surface area contributed by atoms with Gasteiger partial charge in [-0.15, -0.1) is 0 Å². The summed E-state index contributed by atoms with van der Waals surface area (Å²) in [6.07, 6.45) is 4.97. The third kappa shape index (κ3) is 0.731. The molecule has 2 unspecified atom stereocenters. The summed E-state index contributed by atoms with van der Waals surface area (Å²) in [5.74, 6) is 1.84. The molecule has 0 aromatic heterocycles. The van der Waals surface area contributed by atoms with Crippen LogP contribution in [0.4, 0.5) is 4.39 Å². The molecule has 0 N–H and O–H groups in total. The van der Waals surface area contributed by atoms with E-state index in [2.05, 4.69) is 0 Å². The third-order valence-corrected chi connectivity index (χ3v) is 4.97. The maximum absolute atomic E-state index is 14.2. The Kier molecular flexibility index (Phi) is 1.01. The molecule has 5 fully saturated rings. The monoisotopic (exact) mass is 182 g/mol. The van der Waals surface area contributed by atoms with Crippen molar-refractivity contribution in [2.75, 3.05) is 6.61 Å². The average molecular weight is 182 g/mol. The highest BCUT2D eigenvalue weighted by molar-refractivity contribution is 5.17. The largest absolute Gasteiger partial charge is 0.369 e. The first-order valence-electron chi connectivity index (χ1n) is 5.53. The van der Waals surface area contributed by atoms with Crippen LogP contribution in [-0.2, 0) is 4.74 Å². The first kappa shape index (κ1) is 7.22. The Labute approximate surface area is 77.6 Å². The lowest BCUT2D eigenvalue weighted by Gasteiger charge is -2.56. The van der Waals surface area contributed by atoms with Gasteiger partial charge in [0.2, 0.25) is 0 Å². The van der Waals surface area contributed by atoms with Crippen LogP contribution < -0.4 is 0 Å². The predicted molar refractivity (Wildman–Crippen MR) is 46.1 cm³/mol. The normalized spacial score (nSPS) is 67.6. The van der Waals surface area contributed by atoms with E-state index in [1.165, 1.54) is 12.8 Å². The number of hydrogen-bond donors (Lipinski definition) is 0. The van der Waals surface area contributed by atoms with E-state index >= 15 is 0 Å². The summed E-state index contributed by atoms with van der Waals surface area (Å²) in [5.41, 5.74) is -0.597. The molecular weight excluding hydrogens is 167 g/mol. The van der Waals surface area contributed by atoms with E-state index < -0.39 is 5.67 Å². The van der Waals surface area contributed by atoms with E-state index in [-0.39, 0.29) is 5.60 Å². The summed E-state index contributed by atoms with van der Waals surface area (Å²) in [5, 5.41) is 0. The second-order valence-corrected chi connectivity index (χ2v) is 5.74. The summed E-state index contributed by atoms with van der Waals surface area (Å²) >= 11 is 0. The summed E-state index contributed by atoms with van der Waals surface area (Å²) in [6.45, 7) is 0.936. The van der Waals surface area contributed by atoms with Crippen LogP contribution in [0.5, 0.6) is 0 Å². The molecule has 2 heteroatoms. The molecule has 0 aromatic carbocycles. The van der Waals surface area contributed by atoms with Crippen LogP contribution in [-0.4, -0.2) is 17.9 Å². The van der Waals surface area contributed by atoms with Crippen molar-refractivity contribution < 1.29 is 9.13 Å². The quantitative estimate of drug-likeness (QED) is 0.524. The summed E-state index contributed by atoms with van der Waals surface area (Å²) in [4.78, 5) is 0. The zero-order valence-electron chi connectivity index (χ0n) is 7.76. The standard InChI is InChI=1S/C11H15FO/c12-10-3-7-1-8(4-10)11(6-13-11)9(2-7)5-10/h7-9H,1-6H2. The van der Waals surface area contributed by atoms with Gasteiger partial charge in [0, 0.05) is 0 Å². The van der Waals surface area contributed by atoms with Crippen molar-refractivity contribution in [2.45, 2.75) is 43.4 Å². The minimum atomic E-state index is -0.784. The maximum Gasteiger partial charge on any atom is 0.112 e. The smallest absolute Gasteiger partial charge is 0.112 e. The molecule has 5 rings (SSSR count). The maximum atomic E-state index is 14.2. The molecule has 13 heavy (non-hydrogen) atoms. The highest BCUT2D eigenvalue weighted by Gasteiger charge is 2.68. The summed E-state index contributed by atoms with van der Waals surface area (Å²) < 4.78 is 19.9. The first-order chi connectivity index (χ1) is 6.20. The van der Waals surface area contributed by atoms with Gasteiger partial charge in [-0.05, 0) is 49.9 Å². The zero-order chi connectivity index (χ0) is 8.68. The molecule has 1 spiro atoms. The van der Waals surface area contributed by atoms with E-state index in [1.54, 1.807) is 0 Å². The van der Waals surface area contributed by atoms with Gasteiger partial charge in [0.25, 0.3) is 0 Å². The van der Waals surface area contributed by atoms with Crippen LogP contribution in [0.2, 0.25) is 0 Å². The zero-order valence-corrected chi connectivity index (χ0v) is 7.76. The number of rotatable bonds is 0. The summed E-state index contributed by atoms with van der Waals surface area (Å²) in [6, 6.07) is 0. The Morgan fingerprint density at radius 2 is 1.69 bits per heavy atom. The van der Waals surface area contributed by atoms with E-state index in [4.69, 9.17) is 4.74 Å². The van der Waals surface area contributed by atoms with Gasteiger partial charge in [0.1, 0.15) is 5.67 Å². The molecular formula is C11H15FO. The van der Waals surface area contributed by atoms with Gasteiger partial charge in [0.05, 0.1) is 12.2 Å². The molecule has 4 aliphatic carbocycles. The van der Waals surface area contributed by atoms with Crippen LogP contribution in [0, 0.1) is 17.8 Å². The van der Waals surface area contributed by atoms with Crippen molar-refractivity contribution in [1.29, 1.82) is 0 Å². The Balaban J connectivity index is 1.79. The number of ether oxygens (including phenoxy) is 1. The molecule has 5 aliphatic rings. The van der Waals surface area contributed by atoms with Gasteiger partial charge >= 0.3 is 0 Å². The minimum absolute atomic E-state index is 0.187. The summed E-state index contributed by atoms with van der Waals surface area (Å²) in [7, 11) is 0. The molecule has 0 aromatic rings. The second kappa shape index (κ2) is 1.81. The van der Waals surface area contributed by atoms with Crippen LogP contribution in [0.3, 0.4) is 0 Å². The second-order valence-electron chi connectivity index (χ2n) is 5.74. The van der Waals surface area contributed by atoms with E-state index in [9.17, 15) is 4.39 Å². The van der Waals surface area contributed by atoms with E-state index in [0.717, 1.165) is 25.9 Å². The van der Waals surface area contributed by atoms with Gasteiger partial charge in [0.15, 0.2) is 0 Å². The number of hydrogen-bond acceptors (Lipinski definition) is 1. The lowest BCUT2D eigenvalue weighted by Crippen LogP contribution is -2.56. The Morgan fingerprint density at radius 1 is 1.08 bits per heavy atom. The molecule has 0 radical (unpaired) electrons. The van der Waals surface area contributed by atoms with Crippen molar-refractivity contribution >= 4 is 0 Å². The minimum Gasteiger partial charge on any atom is -0.369 e. The SMILES string of the molecule is FC12CC3CC(C1)C1(CO1)C(C3)C2. The van der Waals surface area contributed by atoms with E-state index in [0.29, 0.717) is 17.8 Å². The van der Waals surface area contributed by atoms with Crippen molar-refractivity contribution in [3.63, 3.8) is 0 Å². The van der Waals surface area contributed by atoms with Crippen molar-refractivity contribution in [2.24, 2.45) is 17.8 Å². The highest BCUT2D eigenvalue weighted by atomic mass is 19.1. The fourth-order valence-corrected chi connectivity index (χ4v) is 4.52. The topological polar surface area (TPSA) is 12.5 Å². The number of alkyl halides is 1. The lowest BCUT2D eigenvalue weighted by molar-refractivity contribution is -0.120. The van der Waals surface area contributed by atoms with E-state index in [1.807, 2.05) is 0 Å². The van der Waals surface area contributed by atoms with Crippen molar-refractivity contribution in [1.82, 2.24) is 0 Å². The van der Waals surface area contributed by atoms with Crippen molar-refractivity contribution in [3.8, 4) is 0 Å². The molecule has 4 bridgehead atoms. The van der Waals surface area contributed by atoms with Crippen LogP contribution >= 0.6 is 0 Å². The molecule has 1 aliphatic heterocycles. The fourth-order valence-electron chi connectivity index (χ4n) is 4.52. The van der Waals surface area contributed by atoms with Crippen LogP contribution in [0.25, 0.3) is 0 Å². The fraction of sp³-hybridized carbons (Fsp3) is 1.00. The first-order valence-corrected chi connectivity index (χ1v) is 5.53. The van der Waals surface area contributed by atoms with Gasteiger partial charge in [-0.2, -0.15) is 0 Å². The molecule has 4 saturated carbocycles. The molecule has 1 saturated heterocycles. The molecule has 1 nitrogen and oxygen atoms in total. The average Bonchev–Trinajstić information content (AvgIpc) is 2.77. The lowest BCUT2D eigenvalue weighted by atomic mass is 9.50. The van der Waals surface area contributed by atoms with Crippen LogP contribution in [0.1, 0.15) is 32.1 Å². The number of halogens is 1. The van der Waals surface area contributed by atoms with Crippen molar-refractivity contribution in [3.05, 3.63) is 0 Å². The Bertz CT molecular complexity index is 253. The number of epoxide rings is 1.